The van der Waals surface area contributed by atoms with Crippen molar-refractivity contribution in [2.45, 2.75) is 30.1 Å². The number of halogens is 5. The largest absolute Gasteiger partial charge is 0.454 e. The number of benzene rings is 3. The summed E-state index contributed by atoms with van der Waals surface area (Å²) in [6, 6.07) is 12.1. The lowest BCUT2D eigenvalue weighted by molar-refractivity contribution is -0.151. The molecule has 3 aromatic carbocycles. The van der Waals surface area contributed by atoms with E-state index in [2.05, 4.69) is 5.32 Å². The molecular formula is C25H19ClF4N2O5S. The zero-order valence-electron chi connectivity index (χ0n) is 19.3. The molecule has 3 aromatic rings. The molecule has 0 saturated heterocycles. The van der Waals surface area contributed by atoms with Crippen LogP contribution in [0.4, 0.5) is 23.2 Å². The third-order valence-electron chi connectivity index (χ3n) is 5.81. The van der Waals surface area contributed by atoms with Gasteiger partial charge >= 0.3 is 12.1 Å². The van der Waals surface area contributed by atoms with Crippen LogP contribution in [0.1, 0.15) is 16.7 Å². The smallest absolute Gasteiger partial charge is 0.417 e. The highest BCUT2D eigenvalue weighted by Gasteiger charge is 2.44. The van der Waals surface area contributed by atoms with Gasteiger partial charge in [0.15, 0.2) is 6.61 Å². The zero-order valence-corrected chi connectivity index (χ0v) is 20.9. The monoisotopic (exact) mass is 570 g/mol. The average Bonchev–Trinajstić information content (AvgIpc) is 2.88. The number of hydrogen-bond donors (Lipinski definition) is 1. The van der Waals surface area contributed by atoms with Crippen molar-refractivity contribution in [3.8, 4) is 0 Å². The van der Waals surface area contributed by atoms with Crippen LogP contribution in [0.25, 0.3) is 0 Å². The van der Waals surface area contributed by atoms with Gasteiger partial charge in [-0.05, 0) is 41.5 Å². The lowest BCUT2D eigenvalue weighted by Crippen LogP contribution is -2.49. The number of esters is 1. The Labute approximate surface area is 220 Å². The molecule has 1 amide bonds. The molecule has 1 atom stereocenters. The van der Waals surface area contributed by atoms with E-state index in [0.717, 1.165) is 30.3 Å². The highest BCUT2D eigenvalue weighted by Crippen LogP contribution is 2.37. The Kier molecular flexibility index (Phi) is 7.77. The van der Waals surface area contributed by atoms with Crippen LogP contribution in [-0.2, 0) is 43.5 Å². The number of sulfonamides is 1. The van der Waals surface area contributed by atoms with E-state index < -0.39 is 57.0 Å². The van der Waals surface area contributed by atoms with E-state index in [9.17, 15) is 35.6 Å². The van der Waals surface area contributed by atoms with Crippen LogP contribution in [-0.4, -0.2) is 37.2 Å². The molecule has 1 unspecified atom stereocenters. The van der Waals surface area contributed by atoms with E-state index in [4.69, 9.17) is 16.3 Å². The predicted molar refractivity (Wildman–Crippen MR) is 129 cm³/mol. The topological polar surface area (TPSA) is 92.8 Å². The van der Waals surface area contributed by atoms with Crippen molar-refractivity contribution in [2.75, 3.05) is 11.9 Å². The normalized spacial score (nSPS) is 16.0. The molecule has 0 saturated carbocycles. The summed E-state index contributed by atoms with van der Waals surface area (Å²) in [6.07, 6.45) is -5.15. The van der Waals surface area contributed by atoms with Crippen molar-refractivity contribution < 1.29 is 40.3 Å². The van der Waals surface area contributed by atoms with Gasteiger partial charge in [-0.1, -0.05) is 48.0 Å². The van der Waals surface area contributed by atoms with E-state index in [0.29, 0.717) is 21.5 Å². The van der Waals surface area contributed by atoms with Crippen molar-refractivity contribution in [3.63, 3.8) is 0 Å². The summed E-state index contributed by atoms with van der Waals surface area (Å²) in [4.78, 5) is 24.3. The first-order valence-corrected chi connectivity index (χ1v) is 12.9. The van der Waals surface area contributed by atoms with Gasteiger partial charge in [-0.3, -0.25) is 9.59 Å². The number of nitrogens with zero attached hydrogens (tertiary/aromatic N) is 1. The molecule has 1 aliphatic heterocycles. The first-order chi connectivity index (χ1) is 17.9. The molecule has 38 heavy (non-hydrogen) atoms. The molecular weight excluding hydrogens is 552 g/mol. The molecule has 4 rings (SSSR count). The number of fused-ring (bicyclic) bond motifs is 1. The summed E-state index contributed by atoms with van der Waals surface area (Å²) in [5.41, 5.74) is -0.133. The van der Waals surface area contributed by atoms with Gasteiger partial charge in [-0.2, -0.15) is 17.5 Å². The lowest BCUT2D eigenvalue weighted by atomic mass is 9.96. The van der Waals surface area contributed by atoms with Crippen molar-refractivity contribution in [1.29, 1.82) is 0 Å². The Balaban J connectivity index is 1.59. The van der Waals surface area contributed by atoms with Gasteiger partial charge in [0.25, 0.3) is 5.91 Å². The van der Waals surface area contributed by atoms with E-state index >= 15 is 0 Å². The molecule has 0 radical (unpaired) electrons. The number of hydrogen-bond acceptors (Lipinski definition) is 5. The Morgan fingerprint density at radius 1 is 1.03 bits per heavy atom. The number of ether oxygens (including phenoxy) is 1. The minimum Gasteiger partial charge on any atom is -0.454 e. The summed E-state index contributed by atoms with van der Waals surface area (Å²) in [5, 5.41) is 2.10. The summed E-state index contributed by atoms with van der Waals surface area (Å²) in [7, 11) is -4.85. The van der Waals surface area contributed by atoms with E-state index in [1.807, 2.05) is 0 Å². The number of rotatable bonds is 6. The number of alkyl halides is 3. The Morgan fingerprint density at radius 2 is 1.68 bits per heavy atom. The molecule has 0 aromatic heterocycles. The fourth-order valence-corrected chi connectivity index (χ4v) is 5.96. The van der Waals surface area contributed by atoms with E-state index in [1.165, 1.54) is 6.07 Å². The molecule has 7 nitrogen and oxygen atoms in total. The first-order valence-electron chi connectivity index (χ1n) is 11.0. The molecule has 1 N–H and O–H groups in total. The summed E-state index contributed by atoms with van der Waals surface area (Å²) < 4.78 is 86.9. The number of amides is 1. The van der Waals surface area contributed by atoms with Crippen LogP contribution in [0.15, 0.2) is 71.6 Å². The zero-order chi connectivity index (χ0) is 27.7. The van der Waals surface area contributed by atoms with Crippen LogP contribution in [0.5, 0.6) is 0 Å². The Morgan fingerprint density at radius 3 is 2.37 bits per heavy atom. The van der Waals surface area contributed by atoms with Crippen molar-refractivity contribution in [3.05, 3.63) is 94.3 Å². The maximum absolute atomic E-state index is 13.6. The molecule has 1 heterocycles. The second kappa shape index (κ2) is 10.7. The summed E-state index contributed by atoms with van der Waals surface area (Å²) in [5.74, 6) is -2.66. The molecule has 0 bridgehead atoms. The fraction of sp³-hybridized carbons (Fsp3) is 0.200. The molecule has 0 spiro atoms. The van der Waals surface area contributed by atoms with Gasteiger partial charge in [0.2, 0.25) is 10.0 Å². The second-order valence-electron chi connectivity index (χ2n) is 8.32. The highest BCUT2D eigenvalue weighted by molar-refractivity contribution is 7.89. The van der Waals surface area contributed by atoms with Crippen molar-refractivity contribution >= 4 is 39.2 Å². The third kappa shape index (κ3) is 5.82. The quantitative estimate of drug-likeness (QED) is 0.340. The summed E-state index contributed by atoms with van der Waals surface area (Å²) >= 11 is 5.67. The van der Waals surface area contributed by atoms with Gasteiger partial charge in [0.05, 0.1) is 15.5 Å². The minimum atomic E-state index is -4.96. The average molecular weight is 571 g/mol. The fourth-order valence-electron chi connectivity index (χ4n) is 4.01. The van der Waals surface area contributed by atoms with Crippen LogP contribution in [0.2, 0.25) is 5.02 Å². The van der Waals surface area contributed by atoms with Gasteiger partial charge in [-0.25, -0.2) is 12.8 Å². The second-order valence-corrected chi connectivity index (χ2v) is 10.6. The SMILES string of the molecule is O=C(COC(=O)C1Cc2ccccc2CN1S(=O)(=O)c1ccccc1C(F)(F)F)Nc1ccc(F)c(Cl)c1. The van der Waals surface area contributed by atoms with Gasteiger partial charge in [-0.15, -0.1) is 0 Å². The lowest BCUT2D eigenvalue weighted by Gasteiger charge is -2.34. The number of carbonyl (C=O) groups excluding carboxylic acids is 2. The maximum Gasteiger partial charge on any atom is 0.417 e. The number of carbonyl (C=O) groups is 2. The van der Waals surface area contributed by atoms with Crippen LogP contribution in [0.3, 0.4) is 0 Å². The molecule has 1 aliphatic rings. The van der Waals surface area contributed by atoms with Gasteiger partial charge < -0.3 is 10.1 Å². The number of nitrogens with one attached hydrogen (secondary N) is 1. The highest BCUT2D eigenvalue weighted by atomic mass is 35.5. The van der Waals surface area contributed by atoms with Crippen molar-refractivity contribution in [2.24, 2.45) is 0 Å². The molecule has 200 valence electrons. The first kappa shape index (κ1) is 27.6. The molecule has 13 heteroatoms. The van der Waals surface area contributed by atoms with E-state index in [1.54, 1.807) is 24.3 Å². The van der Waals surface area contributed by atoms with Crippen LogP contribution in [0, 0.1) is 5.82 Å². The molecule has 0 fully saturated rings. The predicted octanol–water partition coefficient (Wildman–Crippen LogP) is 4.80. The van der Waals surface area contributed by atoms with Crippen molar-refractivity contribution in [1.82, 2.24) is 4.31 Å². The Hall–Kier alpha value is -3.48. The van der Waals surface area contributed by atoms with Crippen LogP contribution >= 0.6 is 11.6 Å². The Bertz CT molecular complexity index is 1500. The van der Waals surface area contributed by atoms with Gasteiger partial charge in [0, 0.05) is 18.7 Å². The van der Waals surface area contributed by atoms with E-state index in [-0.39, 0.29) is 23.7 Å². The maximum atomic E-state index is 13.6. The van der Waals surface area contributed by atoms with Gasteiger partial charge in [0.1, 0.15) is 11.9 Å². The van der Waals surface area contributed by atoms with Crippen LogP contribution < -0.4 is 5.32 Å². The summed E-state index contributed by atoms with van der Waals surface area (Å²) in [6.45, 7) is -1.22. The molecule has 0 aliphatic carbocycles. The number of anilines is 1. The minimum absolute atomic E-state index is 0.122. The third-order valence-corrected chi connectivity index (χ3v) is 8.01. The standard InChI is InChI=1S/C25H19ClF4N2O5S/c26-19-12-17(9-10-20(19)27)31-23(33)14-37-24(34)21-11-15-5-1-2-6-16(15)13-32(21)38(35,36)22-8-4-3-7-18(22)25(28,29)30/h1-10,12,21H,11,13-14H2,(H,31,33).